The summed E-state index contributed by atoms with van der Waals surface area (Å²) in [7, 11) is 0. The van der Waals surface area contributed by atoms with Crippen molar-refractivity contribution in [1.82, 2.24) is 0 Å². The topological polar surface area (TPSA) is 0 Å². The summed E-state index contributed by atoms with van der Waals surface area (Å²) in [5.74, 6) is 0. The Balaban J connectivity index is 0.000000284. The van der Waals surface area contributed by atoms with Crippen molar-refractivity contribution in [2.24, 2.45) is 0 Å². The van der Waals surface area contributed by atoms with Crippen LogP contribution in [0.15, 0.2) is 36.4 Å². The molecule has 2 aromatic carbocycles. The molecule has 0 radical (unpaired) electrons. The summed E-state index contributed by atoms with van der Waals surface area (Å²) >= 11 is 0. The average molecular weight is 235 g/mol. The van der Waals surface area contributed by atoms with E-state index in [0.29, 0.717) is 0 Å². The van der Waals surface area contributed by atoms with Crippen molar-refractivity contribution in [1.29, 1.82) is 0 Å². The van der Waals surface area contributed by atoms with Crippen molar-refractivity contribution in [3.8, 4) is 0 Å². The molecule has 2 rings (SSSR count). The summed E-state index contributed by atoms with van der Waals surface area (Å²) in [6, 6.07) is 18.4. The van der Waals surface area contributed by atoms with Crippen LogP contribution in [0.4, 0.5) is 0 Å². The van der Waals surface area contributed by atoms with E-state index in [1.807, 2.05) is 38.1 Å². The number of benzene rings is 2. The van der Waals surface area contributed by atoms with Crippen LogP contribution < -0.4 is 0 Å². The van der Waals surface area contributed by atoms with Gasteiger partial charge in [-0.05, 0) is 0 Å². The van der Waals surface area contributed by atoms with Crippen LogP contribution in [0.5, 0.6) is 0 Å². The van der Waals surface area contributed by atoms with Gasteiger partial charge in [-0.15, -0.1) is 0 Å². The molecule has 0 aliphatic carbocycles. The van der Waals surface area contributed by atoms with E-state index in [2.05, 4.69) is 38.1 Å². The molecule has 0 heterocycles. The molecule has 0 aromatic heterocycles. The SMILES string of the molecule is Cc1[c-]ccc(C)c1.Cc1[c-]ccc(C)c1.[Mg+2]. The zero-order valence-corrected chi connectivity index (χ0v) is 12.6. The first-order chi connectivity index (χ1) is 7.58. The molecule has 17 heavy (non-hydrogen) atoms. The Kier molecular flexibility index (Phi) is 7.93. The predicted octanol–water partition coefficient (Wildman–Crippen LogP) is 3.83. The minimum Gasteiger partial charge on any atom is -0.181 e. The molecule has 2 aromatic rings. The largest absolute Gasteiger partial charge is 2.00 e. The standard InChI is InChI=1S/2C8H9.Mg/c2*1-7-4-3-5-8(2)6-7;/h2*3-4,6H,1-2H3;/q2*-1;+2. The summed E-state index contributed by atoms with van der Waals surface area (Å²) in [6.45, 7) is 8.27. The van der Waals surface area contributed by atoms with Gasteiger partial charge in [-0.2, -0.15) is 70.8 Å². The molecule has 0 N–H and O–H groups in total. The minimum atomic E-state index is 0. The van der Waals surface area contributed by atoms with Gasteiger partial charge in [0.15, 0.2) is 0 Å². The first-order valence-corrected chi connectivity index (χ1v) is 5.48. The van der Waals surface area contributed by atoms with Crippen LogP contribution in [0.3, 0.4) is 0 Å². The van der Waals surface area contributed by atoms with Crippen LogP contribution in [0.2, 0.25) is 0 Å². The van der Waals surface area contributed by atoms with E-state index in [0.717, 1.165) is 0 Å². The van der Waals surface area contributed by atoms with Gasteiger partial charge in [0.25, 0.3) is 0 Å². The average Bonchev–Trinajstić information content (AvgIpc) is 2.17. The maximum Gasteiger partial charge on any atom is 2.00 e. The summed E-state index contributed by atoms with van der Waals surface area (Å²) in [6.07, 6.45) is 0. The summed E-state index contributed by atoms with van der Waals surface area (Å²) < 4.78 is 0. The molecule has 0 atom stereocenters. The van der Waals surface area contributed by atoms with Gasteiger partial charge in [-0.3, -0.25) is 0 Å². The molecular formula is C16H18Mg. The Labute approximate surface area is 121 Å². The van der Waals surface area contributed by atoms with E-state index in [9.17, 15) is 0 Å². The van der Waals surface area contributed by atoms with Crippen molar-refractivity contribution in [2.45, 2.75) is 27.7 Å². The molecule has 0 aliphatic rings. The quantitative estimate of drug-likeness (QED) is 0.480. The first-order valence-electron chi connectivity index (χ1n) is 5.48. The van der Waals surface area contributed by atoms with Gasteiger partial charge in [-0.1, -0.05) is 27.7 Å². The number of rotatable bonds is 0. The maximum absolute atomic E-state index is 3.07. The van der Waals surface area contributed by atoms with Crippen LogP contribution in [-0.4, -0.2) is 23.1 Å². The Morgan fingerprint density at radius 1 is 0.706 bits per heavy atom. The van der Waals surface area contributed by atoms with Gasteiger partial charge < -0.3 is 0 Å². The van der Waals surface area contributed by atoms with Gasteiger partial charge in [-0.25, -0.2) is 0 Å². The monoisotopic (exact) mass is 234 g/mol. The molecule has 0 nitrogen and oxygen atoms in total. The van der Waals surface area contributed by atoms with E-state index < -0.39 is 0 Å². The fraction of sp³-hybridized carbons (Fsp3) is 0.250. The zero-order chi connectivity index (χ0) is 12.0. The molecule has 0 fully saturated rings. The van der Waals surface area contributed by atoms with Gasteiger partial charge in [0.1, 0.15) is 0 Å². The van der Waals surface area contributed by atoms with Crippen molar-refractivity contribution in [2.75, 3.05) is 0 Å². The normalized spacial score (nSPS) is 8.71. The molecule has 84 valence electrons. The Hall–Kier alpha value is -0.794. The molecule has 0 amide bonds. The second-order valence-corrected chi connectivity index (χ2v) is 4.10. The van der Waals surface area contributed by atoms with Crippen LogP contribution in [0.1, 0.15) is 22.3 Å². The Bertz CT molecular complexity index is 369. The maximum atomic E-state index is 3.07. The smallest absolute Gasteiger partial charge is 0.181 e. The molecule has 0 unspecified atom stereocenters. The van der Waals surface area contributed by atoms with E-state index in [-0.39, 0.29) is 23.1 Å². The van der Waals surface area contributed by atoms with Crippen molar-refractivity contribution >= 4 is 23.1 Å². The van der Waals surface area contributed by atoms with E-state index in [4.69, 9.17) is 0 Å². The van der Waals surface area contributed by atoms with Gasteiger partial charge in [0, 0.05) is 0 Å². The molecule has 0 saturated heterocycles. The van der Waals surface area contributed by atoms with E-state index in [1.54, 1.807) is 0 Å². The van der Waals surface area contributed by atoms with Crippen LogP contribution in [0, 0.1) is 39.8 Å². The number of hydrogen-bond donors (Lipinski definition) is 0. The van der Waals surface area contributed by atoms with Gasteiger partial charge >= 0.3 is 23.1 Å². The van der Waals surface area contributed by atoms with Crippen LogP contribution in [-0.2, 0) is 0 Å². The van der Waals surface area contributed by atoms with Gasteiger partial charge in [0.2, 0.25) is 0 Å². The molecule has 0 bridgehead atoms. The minimum absolute atomic E-state index is 0. The second-order valence-electron chi connectivity index (χ2n) is 4.10. The molecule has 1 heteroatoms. The first kappa shape index (κ1) is 16.2. The Morgan fingerprint density at radius 2 is 1.06 bits per heavy atom. The summed E-state index contributed by atoms with van der Waals surface area (Å²) in [5.41, 5.74) is 5.04. The third-order valence-electron chi connectivity index (χ3n) is 2.20. The van der Waals surface area contributed by atoms with Crippen LogP contribution in [0.25, 0.3) is 0 Å². The van der Waals surface area contributed by atoms with E-state index >= 15 is 0 Å². The molecule has 0 spiro atoms. The van der Waals surface area contributed by atoms with Crippen molar-refractivity contribution in [3.63, 3.8) is 0 Å². The Morgan fingerprint density at radius 3 is 1.24 bits per heavy atom. The molecule has 0 saturated carbocycles. The third-order valence-corrected chi connectivity index (χ3v) is 2.20. The van der Waals surface area contributed by atoms with E-state index in [1.165, 1.54) is 22.3 Å². The van der Waals surface area contributed by atoms with Gasteiger partial charge in [0.05, 0.1) is 0 Å². The van der Waals surface area contributed by atoms with Crippen LogP contribution >= 0.6 is 0 Å². The zero-order valence-electron chi connectivity index (χ0n) is 11.2. The van der Waals surface area contributed by atoms with Crippen molar-refractivity contribution in [3.05, 3.63) is 70.8 Å². The second kappa shape index (κ2) is 8.32. The summed E-state index contributed by atoms with van der Waals surface area (Å²) in [5, 5.41) is 0. The molecule has 0 aliphatic heterocycles. The predicted molar refractivity (Wildman–Crippen MR) is 75.3 cm³/mol. The van der Waals surface area contributed by atoms with Crippen molar-refractivity contribution < 1.29 is 0 Å². The molecular weight excluding hydrogens is 216 g/mol. The third kappa shape index (κ3) is 7.19. The summed E-state index contributed by atoms with van der Waals surface area (Å²) in [4.78, 5) is 0. The number of hydrogen-bond acceptors (Lipinski definition) is 0. The number of aryl methyl sites for hydroxylation is 4. The fourth-order valence-corrected chi connectivity index (χ4v) is 1.47. The fourth-order valence-electron chi connectivity index (χ4n) is 1.47.